The Kier molecular flexibility index (Phi) is 6.58. The maximum atomic E-state index is 11.5. The summed E-state index contributed by atoms with van der Waals surface area (Å²) >= 11 is 0. The van der Waals surface area contributed by atoms with Gasteiger partial charge in [-0.1, -0.05) is 0 Å². The number of ether oxygens (including phenoxy) is 4. The van der Waals surface area contributed by atoms with E-state index in [2.05, 4.69) is 10.5 Å². The van der Waals surface area contributed by atoms with E-state index in [0.717, 1.165) is 0 Å². The smallest absolute Gasteiger partial charge is 0.428 e. The molecule has 0 radical (unpaired) electrons. The molecule has 8 heteroatoms. The molecule has 132 valence electrons. The van der Waals surface area contributed by atoms with Crippen molar-refractivity contribution >= 4 is 18.3 Å². The van der Waals surface area contributed by atoms with Gasteiger partial charge in [0.05, 0.1) is 20.4 Å². The molecule has 0 saturated carbocycles. The summed E-state index contributed by atoms with van der Waals surface area (Å²) in [5, 5.41) is 3.80. The van der Waals surface area contributed by atoms with E-state index >= 15 is 0 Å². The van der Waals surface area contributed by atoms with Crippen LogP contribution in [-0.4, -0.2) is 38.1 Å². The Bertz CT molecular complexity index is 609. The lowest BCUT2D eigenvalue weighted by Crippen LogP contribution is -2.29. The highest BCUT2D eigenvalue weighted by Crippen LogP contribution is 2.38. The normalized spacial score (nSPS) is 11.1. The maximum Gasteiger partial charge on any atom is 0.428 e. The van der Waals surface area contributed by atoms with Crippen LogP contribution in [0.5, 0.6) is 17.2 Å². The van der Waals surface area contributed by atoms with Crippen molar-refractivity contribution in [1.29, 1.82) is 0 Å². The third-order valence-corrected chi connectivity index (χ3v) is 2.50. The van der Waals surface area contributed by atoms with Crippen LogP contribution >= 0.6 is 0 Å². The first-order chi connectivity index (χ1) is 11.2. The van der Waals surface area contributed by atoms with Crippen molar-refractivity contribution in [3.63, 3.8) is 0 Å². The fourth-order valence-electron chi connectivity index (χ4n) is 1.68. The average molecular weight is 338 g/mol. The van der Waals surface area contributed by atoms with E-state index in [-0.39, 0.29) is 5.75 Å². The van der Waals surface area contributed by atoms with Gasteiger partial charge in [-0.15, -0.1) is 0 Å². The van der Waals surface area contributed by atoms with E-state index in [1.807, 2.05) is 0 Å². The second-order valence-electron chi connectivity index (χ2n) is 5.72. The fraction of sp³-hybridized carbons (Fsp3) is 0.438. The quantitative estimate of drug-likeness (QED) is 0.383. The molecule has 0 spiro atoms. The number of benzene rings is 1. The monoisotopic (exact) mass is 338 g/mol. The number of esters is 1. The van der Waals surface area contributed by atoms with Crippen molar-refractivity contribution in [3.05, 3.63) is 17.7 Å². The molecule has 0 fully saturated rings. The number of nitrogens with one attached hydrogen (secondary N) is 1. The number of hydrogen-bond acceptors (Lipinski definition) is 7. The van der Waals surface area contributed by atoms with Crippen LogP contribution in [0.25, 0.3) is 0 Å². The van der Waals surface area contributed by atoms with E-state index in [1.54, 1.807) is 32.9 Å². The number of carbonyl (C=O) groups is 2. The number of hydrogen-bond donors (Lipinski definition) is 1. The van der Waals surface area contributed by atoms with Crippen LogP contribution in [0.2, 0.25) is 0 Å². The van der Waals surface area contributed by atoms with Gasteiger partial charge in [-0.05, 0) is 32.9 Å². The molecular weight excluding hydrogens is 316 g/mol. The maximum absolute atomic E-state index is 11.5. The molecule has 0 aliphatic rings. The summed E-state index contributed by atoms with van der Waals surface area (Å²) < 4.78 is 20.5. The van der Waals surface area contributed by atoms with Gasteiger partial charge in [-0.25, -0.2) is 10.2 Å². The van der Waals surface area contributed by atoms with Crippen molar-refractivity contribution in [1.82, 2.24) is 5.43 Å². The van der Waals surface area contributed by atoms with E-state index in [0.29, 0.717) is 17.1 Å². The van der Waals surface area contributed by atoms with Gasteiger partial charge in [-0.2, -0.15) is 5.10 Å². The van der Waals surface area contributed by atoms with Crippen molar-refractivity contribution in [3.8, 4) is 17.2 Å². The Morgan fingerprint density at radius 1 is 1.12 bits per heavy atom. The Balaban J connectivity index is 2.95. The molecule has 1 aromatic carbocycles. The largest absolute Gasteiger partial charge is 0.493 e. The first kappa shape index (κ1) is 19.3. The summed E-state index contributed by atoms with van der Waals surface area (Å²) in [6.45, 7) is 6.53. The number of methoxy groups -OCH3 is 2. The Hall–Kier alpha value is -2.77. The van der Waals surface area contributed by atoms with E-state index < -0.39 is 17.7 Å². The molecule has 0 bridgehead atoms. The van der Waals surface area contributed by atoms with Crippen LogP contribution in [0.3, 0.4) is 0 Å². The molecular formula is C16H22N2O6. The lowest BCUT2D eigenvalue weighted by molar-refractivity contribution is -0.132. The minimum absolute atomic E-state index is 0.171. The molecule has 1 N–H and O–H groups in total. The predicted molar refractivity (Wildman–Crippen MR) is 87.8 cm³/mol. The summed E-state index contributed by atoms with van der Waals surface area (Å²) in [5.74, 6) is 0.260. The van der Waals surface area contributed by atoms with E-state index in [4.69, 9.17) is 18.9 Å². The standard InChI is InChI=1S/C16H22N2O6/c1-10(19)23-14-12(21-5)7-11(8-13(14)22-6)9-17-18-15(20)24-16(2,3)4/h7-9H,1-6H3,(H,18,20)/b17-9+. The molecule has 0 aliphatic heterocycles. The fourth-order valence-corrected chi connectivity index (χ4v) is 1.68. The summed E-state index contributed by atoms with van der Waals surface area (Å²) in [4.78, 5) is 22.7. The number of carbonyl (C=O) groups excluding carboxylic acids is 2. The molecule has 0 saturated heterocycles. The van der Waals surface area contributed by atoms with Gasteiger partial charge in [0.15, 0.2) is 11.5 Å². The van der Waals surface area contributed by atoms with E-state index in [9.17, 15) is 9.59 Å². The van der Waals surface area contributed by atoms with Gasteiger partial charge >= 0.3 is 12.1 Å². The highest BCUT2D eigenvalue weighted by atomic mass is 16.6. The van der Waals surface area contributed by atoms with Crippen molar-refractivity contribution in [2.45, 2.75) is 33.3 Å². The molecule has 1 rings (SSSR count). The van der Waals surface area contributed by atoms with Crippen molar-refractivity contribution in [2.24, 2.45) is 5.10 Å². The topological polar surface area (TPSA) is 95.5 Å². The molecule has 24 heavy (non-hydrogen) atoms. The van der Waals surface area contributed by atoms with Gasteiger partial charge in [0.25, 0.3) is 0 Å². The molecule has 0 atom stereocenters. The summed E-state index contributed by atoms with van der Waals surface area (Å²) in [6.07, 6.45) is 0.709. The average Bonchev–Trinajstić information content (AvgIpc) is 2.45. The lowest BCUT2D eigenvalue weighted by Gasteiger charge is -2.18. The SMILES string of the molecule is COc1cc(/C=N/NC(=O)OC(C)(C)C)cc(OC)c1OC(C)=O. The summed E-state index contributed by atoms with van der Waals surface area (Å²) in [6, 6.07) is 3.17. The van der Waals surface area contributed by atoms with Crippen molar-refractivity contribution in [2.75, 3.05) is 14.2 Å². The third kappa shape index (κ3) is 6.15. The van der Waals surface area contributed by atoms with Crippen LogP contribution in [0.1, 0.15) is 33.3 Å². The van der Waals surface area contributed by atoms with Crippen LogP contribution < -0.4 is 19.6 Å². The zero-order chi connectivity index (χ0) is 18.3. The molecule has 1 amide bonds. The highest BCUT2D eigenvalue weighted by Gasteiger charge is 2.17. The first-order valence-corrected chi connectivity index (χ1v) is 7.12. The number of rotatable bonds is 5. The van der Waals surface area contributed by atoms with Gasteiger partial charge in [0.1, 0.15) is 5.60 Å². The third-order valence-electron chi connectivity index (χ3n) is 2.50. The van der Waals surface area contributed by atoms with Gasteiger partial charge in [0.2, 0.25) is 5.75 Å². The second-order valence-corrected chi connectivity index (χ2v) is 5.72. The molecule has 0 heterocycles. The molecule has 8 nitrogen and oxygen atoms in total. The summed E-state index contributed by atoms with van der Waals surface area (Å²) in [7, 11) is 2.86. The Labute approximate surface area is 140 Å². The van der Waals surface area contributed by atoms with Gasteiger partial charge < -0.3 is 18.9 Å². The van der Waals surface area contributed by atoms with E-state index in [1.165, 1.54) is 27.4 Å². The minimum Gasteiger partial charge on any atom is -0.493 e. The molecule has 0 unspecified atom stereocenters. The van der Waals surface area contributed by atoms with Crippen LogP contribution in [0.4, 0.5) is 4.79 Å². The number of hydrazone groups is 1. The molecule has 1 aromatic rings. The Morgan fingerprint density at radius 2 is 1.67 bits per heavy atom. The lowest BCUT2D eigenvalue weighted by atomic mass is 10.2. The predicted octanol–water partition coefficient (Wildman–Crippen LogP) is 2.49. The van der Waals surface area contributed by atoms with Gasteiger partial charge in [-0.3, -0.25) is 4.79 Å². The van der Waals surface area contributed by atoms with Crippen LogP contribution in [-0.2, 0) is 9.53 Å². The summed E-state index contributed by atoms with van der Waals surface area (Å²) in [5.41, 5.74) is 2.20. The Morgan fingerprint density at radius 3 is 2.08 bits per heavy atom. The molecule has 0 aliphatic carbocycles. The highest BCUT2D eigenvalue weighted by molar-refractivity contribution is 5.84. The number of nitrogens with zero attached hydrogens (tertiary/aromatic N) is 1. The minimum atomic E-state index is -0.672. The van der Waals surface area contributed by atoms with Crippen LogP contribution in [0.15, 0.2) is 17.2 Å². The number of amides is 1. The van der Waals surface area contributed by atoms with Gasteiger partial charge in [0, 0.05) is 12.5 Å². The first-order valence-electron chi connectivity index (χ1n) is 7.12. The van der Waals surface area contributed by atoms with Crippen molar-refractivity contribution < 1.29 is 28.5 Å². The molecule has 0 aromatic heterocycles. The zero-order valence-electron chi connectivity index (χ0n) is 14.6. The van der Waals surface area contributed by atoms with Crippen LogP contribution in [0, 0.1) is 0 Å². The second kappa shape index (κ2) is 8.19. The zero-order valence-corrected chi connectivity index (χ0v) is 14.6.